The summed E-state index contributed by atoms with van der Waals surface area (Å²) in [6.07, 6.45) is -8.45. The first-order chi connectivity index (χ1) is 24.6. The number of esters is 8. The molecule has 1 rings (SSSR count). The number of carbonyl (C=O) groups excluding carboxylic acids is 9. The van der Waals surface area contributed by atoms with Crippen LogP contribution in [0.4, 0.5) is 0 Å². The number of ether oxygens (including phenoxy) is 9. The molecular formula is C29H35Cl6NO18. The van der Waals surface area contributed by atoms with E-state index in [1.807, 2.05) is 0 Å². The van der Waals surface area contributed by atoms with Crippen molar-refractivity contribution in [3.05, 3.63) is 0 Å². The van der Waals surface area contributed by atoms with Crippen LogP contribution in [0.3, 0.4) is 0 Å². The van der Waals surface area contributed by atoms with Crippen molar-refractivity contribution >= 4 is 123 Å². The number of hydrogen-bond donors (Lipinski definition) is 1. The van der Waals surface area contributed by atoms with Gasteiger partial charge in [0.25, 0.3) is 0 Å². The molecule has 25 heteroatoms. The summed E-state index contributed by atoms with van der Waals surface area (Å²) in [5.74, 6) is -20.6. The summed E-state index contributed by atoms with van der Waals surface area (Å²) in [4.78, 5) is 117. The van der Waals surface area contributed by atoms with Crippen molar-refractivity contribution in [2.45, 2.75) is 85.4 Å². The van der Waals surface area contributed by atoms with Crippen molar-refractivity contribution < 1.29 is 85.8 Å². The SMILES string of the molecule is COC(=O)[C@]1(OC(C)=O)O[C@@H]([C@H](OC(C)=O)[C@@H](COC(C)=O)OC(C)=O)[C@H](NC(C)=O)[C@@H](OC(C)=O)[C@@H]1C(C(=O)OCC(Cl)(Cl)Cl)C(=O)OCC(Cl)(Cl)Cl. The fraction of sp³-hybridized carbons (Fsp3) is 0.690. The third-order valence-electron chi connectivity index (χ3n) is 6.63. The lowest BCUT2D eigenvalue weighted by Gasteiger charge is -2.52. The van der Waals surface area contributed by atoms with Gasteiger partial charge in [-0.2, -0.15) is 0 Å². The summed E-state index contributed by atoms with van der Waals surface area (Å²) in [6, 6.07) is -2.01. The van der Waals surface area contributed by atoms with Gasteiger partial charge in [-0.15, -0.1) is 0 Å². The maximum atomic E-state index is 14.0. The molecule has 1 amide bonds. The Labute approximate surface area is 337 Å². The number of halogens is 6. The van der Waals surface area contributed by atoms with Crippen molar-refractivity contribution in [3.63, 3.8) is 0 Å². The van der Waals surface area contributed by atoms with Gasteiger partial charge < -0.3 is 47.9 Å². The highest BCUT2D eigenvalue weighted by Crippen LogP contribution is 2.46. The van der Waals surface area contributed by atoms with Crippen LogP contribution in [-0.4, -0.2) is 124 Å². The van der Waals surface area contributed by atoms with E-state index in [1.54, 1.807) is 0 Å². The van der Waals surface area contributed by atoms with Crippen LogP contribution in [0.25, 0.3) is 0 Å². The Bertz CT molecular complexity index is 1420. The Morgan fingerprint density at radius 1 is 0.704 bits per heavy atom. The van der Waals surface area contributed by atoms with Gasteiger partial charge in [0.05, 0.1) is 19.1 Å². The highest BCUT2D eigenvalue weighted by atomic mass is 35.6. The highest BCUT2D eigenvalue weighted by molar-refractivity contribution is 6.68. The molecular weight excluding hydrogens is 863 g/mol. The van der Waals surface area contributed by atoms with Gasteiger partial charge in [0.1, 0.15) is 32.0 Å². The van der Waals surface area contributed by atoms with E-state index in [4.69, 9.17) is 112 Å². The van der Waals surface area contributed by atoms with E-state index >= 15 is 0 Å². The molecule has 0 bridgehead atoms. The lowest BCUT2D eigenvalue weighted by atomic mass is 9.73. The predicted octanol–water partition coefficient (Wildman–Crippen LogP) is 1.74. The fourth-order valence-electron chi connectivity index (χ4n) is 5.10. The zero-order valence-corrected chi connectivity index (χ0v) is 33.8. The molecule has 0 aromatic rings. The van der Waals surface area contributed by atoms with E-state index in [0.29, 0.717) is 0 Å². The quantitative estimate of drug-likeness (QED) is 0.106. The predicted molar refractivity (Wildman–Crippen MR) is 182 cm³/mol. The zero-order chi connectivity index (χ0) is 41.9. The van der Waals surface area contributed by atoms with E-state index in [1.165, 1.54) is 0 Å². The average Bonchev–Trinajstić information content (AvgIpc) is 3.00. The molecule has 0 unspecified atom stereocenters. The second kappa shape index (κ2) is 20.7. The van der Waals surface area contributed by atoms with Crippen molar-refractivity contribution in [3.8, 4) is 0 Å². The molecule has 1 saturated heterocycles. The monoisotopic (exact) mass is 895 g/mol. The lowest BCUT2D eigenvalue weighted by molar-refractivity contribution is -0.332. The third kappa shape index (κ3) is 15.2. The number of methoxy groups -OCH3 is 1. The number of nitrogens with one attached hydrogen (secondary N) is 1. The Balaban J connectivity index is 4.52. The molecule has 0 spiro atoms. The van der Waals surface area contributed by atoms with E-state index in [2.05, 4.69) is 5.32 Å². The third-order valence-corrected chi connectivity index (χ3v) is 7.29. The summed E-state index contributed by atoms with van der Waals surface area (Å²) in [6.45, 7) is 2.16. The molecule has 0 aromatic carbocycles. The van der Waals surface area contributed by atoms with Crippen LogP contribution >= 0.6 is 69.6 Å². The van der Waals surface area contributed by atoms with Crippen LogP contribution in [0.5, 0.6) is 0 Å². The highest BCUT2D eigenvalue weighted by Gasteiger charge is 2.71. The molecule has 54 heavy (non-hydrogen) atoms. The first-order valence-electron chi connectivity index (χ1n) is 15.0. The van der Waals surface area contributed by atoms with Gasteiger partial charge in [0, 0.05) is 41.5 Å². The van der Waals surface area contributed by atoms with Crippen molar-refractivity contribution in [1.29, 1.82) is 0 Å². The molecule has 306 valence electrons. The molecule has 1 aliphatic rings. The number of alkyl halides is 6. The number of hydrogen-bond acceptors (Lipinski definition) is 18. The molecule has 7 atom stereocenters. The van der Waals surface area contributed by atoms with Crippen LogP contribution in [0.2, 0.25) is 0 Å². The molecule has 1 fully saturated rings. The second-order valence-corrected chi connectivity index (χ2v) is 16.1. The van der Waals surface area contributed by atoms with Gasteiger partial charge >= 0.3 is 53.5 Å². The molecule has 0 saturated carbocycles. The summed E-state index contributed by atoms with van der Waals surface area (Å²) in [5.41, 5.74) is 0. The van der Waals surface area contributed by atoms with Crippen LogP contribution in [0.15, 0.2) is 0 Å². The topological polar surface area (TPSA) is 249 Å². The maximum Gasteiger partial charge on any atom is 0.380 e. The molecule has 0 aliphatic carbocycles. The summed E-state index contributed by atoms with van der Waals surface area (Å²) >= 11 is 34.5. The number of amides is 1. The Kier molecular flexibility index (Phi) is 18.8. The standard InChI is InChI=1S/C29H35Cl6NO18/c1-11(37)36-20-22(52-15(5)41)19(18(24(43)48-9-27(30,31)32)25(44)49-10-28(33,34)35)29(26(45)46-7,53-16(6)42)54-23(20)21(51-14(4)40)17(50-13(3)39)8-47-12(2)38/h17-23H,8-10H2,1-7H3,(H,36,37)/t17-,19+,20-,21-,22+,23-,29-/m1/s1. The normalized spacial score (nSPS) is 22.3. The van der Waals surface area contributed by atoms with Gasteiger partial charge in [0.2, 0.25) is 13.5 Å². The summed E-state index contributed by atoms with van der Waals surface area (Å²) in [5, 5.41) is 2.33. The van der Waals surface area contributed by atoms with E-state index in [0.717, 1.165) is 48.7 Å². The van der Waals surface area contributed by atoms with Crippen LogP contribution < -0.4 is 5.32 Å². The van der Waals surface area contributed by atoms with Crippen LogP contribution in [-0.2, 0) is 85.8 Å². The molecule has 1 aliphatic heterocycles. The molecule has 0 radical (unpaired) electrons. The summed E-state index contributed by atoms with van der Waals surface area (Å²) in [7, 11) is 0.729. The minimum atomic E-state index is -3.48. The Hall–Kier alpha value is -3.07. The van der Waals surface area contributed by atoms with Crippen molar-refractivity contribution in [2.75, 3.05) is 26.9 Å². The molecule has 1 N–H and O–H groups in total. The van der Waals surface area contributed by atoms with Crippen molar-refractivity contribution in [2.24, 2.45) is 11.8 Å². The maximum absolute atomic E-state index is 14.0. The largest absolute Gasteiger partial charge is 0.464 e. The van der Waals surface area contributed by atoms with Crippen LogP contribution in [0.1, 0.15) is 41.5 Å². The smallest absolute Gasteiger partial charge is 0.380 e. The van der Waals surface area contributed by atoms with Gasteiger partial charge in [-0.05, 0) is 0 Å². The minimum absolute atomic E-state index is 0.726. The zero-order valence-electron chi connectivity index (χ0n) is 29.3. The number of rotatable bonds is 15. The average molecular weight is 898 g/mol. The Morgan fingerprint density at radius 2 is 1.20 bits per heavy atom. The fourth-order valence-corrected chi connectivity index (χ4v) is 5.43. The van der Waals surface area contributed by atoms with E-state index < -0.39 is 129 Å². The van der Waals surface area contributed by atoms with Crippen LogP contribution in [0, 0.1) is 11.8 Å². The molecule has 1 heterocycles. The van der Waals surface area contributed by atoms with Gasteiger partial charge in [0.15, 0.2) is 18.1 Å². The van der Waals surface area contributed by atoms with E-state index in [9.17, 15) is 43.2 Å². The first-order valence-corrected chi connectivity index (χ1v) is 17.3. The van der Waals surface area contributed by atoms with Gasteiger partial charge in [-0.25, -0.2) is 4.79 Å². The molecule has 19 nitrogen and oxygen atoms in total. The lowest BCUT2D eigenvalue weighted by Crippen LogP contribution is -2.75. The van der Waals surface area contributed by atoms with E-state index in [-0.39, 0.29) is 0 Å². The minimum Gasteiger partial charge on any atom is -0.464 e. The van der Waals surface area contributed by atoms with Crippen molar-refractivity contribution in [1.82, 2.24) is 5.32 Å². The second-order valence-electron chi connectivity index (χ2n) is 11.1. The molecule has 0 aromatic heterocycles. The Morgan fingerprint density at radius 3 is 1.57 bits per heavy atom. The summed E-state index contributed by atoms with van der Waals surface area (Å²) < 4.78 is 42.9. The van der Waals surface area contributed by atoms with Gasteiger partial charge in [-0.3, -0.25) is 38.4 Å². The number of carbonyl (C=O) groups is 9. The first kappa shape index (κ1) is 48.9. The van der Waals surface area contributed by atoms with Gasteiger partial charge in [-0.1, -0.05) is 69.6 Å².